The molecule has 0 aliphatic rings. The molecule has 8 heteroatoms. The predicted octanol–water partition coefficient (Wildman–Crippen LogP) is 4.39. The van der Waals surface area contributed by atoms with E-state index in [2.05, 4.69) is 26.1 Å². The van der Waals surface area contributed by atoms with Crippen molar-refractivity contribution >= 4 is 27.5 Å². The van der Waals surface area contributed by atoms with Crippen LogP contribution in [-0.4, -0.2) is 49.5 Å². The molecule has 0 unspecified atom stereocenters. The fourth-order valence-electron chi connectivity index (χ4n) is 3.77. The molecule has 2 aromatic carbocycles. The van der Waals surface area contributed by atoms with E-state index < -0.39 is 34.1 Å². The maximum atomic E-state index is 13.7. The summed E-state index contributed by atoms with van der Waals surface area (Å²) in [5.74, 6) is -0.759. The van der Waals surface area contributed by atoms with E-state index in [0.29, 0.717) is 5.69 Å². The summed E-state index contributed by atoms with van der Waals surface area (Å²) in [5, 5.41) is 2.93. The summed E-state index contributed by atoms with van der Waals surface area (Å²) < 4.78 is 26.6. The van der Waals surface area contributed by atoms with Gasteiger partial charge in [0.2, 0.25) is 21.8 Å². The van der Waals surface area contributed by atoms with E-state index >= 15 is 0 Å². The number of carbonyl (C=O) groups excluding carboxylic acids is 2. The Hall–Kier alpha value is -2.87. The van der Waals surface area contributed by atoms with E-state index in [0.717, 1.165) is 27.3 Å². The van der Waals surface area contributed by atoms with Crippen LogP contribution in [0, 0.1) is 6.92 Å². The van der Waals surface area contributed by atoms with E-state index in [1.54, 1.807) is 19.1 Å². The smallest absolute Gasteiger partial charge is 0.244 e. The first-order valence-corrected chi connectivity index (χ1v) is 14.0. The van der Waals surface area contributed by atoms with Gasteiger partial charge in [-0.2, -0.15) is 0 Å². The average molecular weight is 516 g/mol. The monoisotopic (exact) mass is 515 g/mol. The Labute approximate surface area is 216 Å². The fourth-order valence-corrected chi connectivity index (χ4v) is 4.62. The van der Waals surface area contributed by atoms with Gasteiger partial charge in [0.25, 0.3) is 0 Å². The number of carbonyl (C=O) groups is 2. The SMILES string of the molecule is Cc1ccccc1CN(C(=O)CN(c1ccc(C(C)(C)C)cc1)S(C)(=O)=O)[C@H](C)C(=O)NC(C)(C)C. The van der Waals surface area contributed by atoms with Gasteiger partial charge in [-0.25, -0.2) is 8.42 Å². The first-order valence-electron chi connectivity index (χ1n) is 12.1. The maximum absolute atomic E-state index is 13.7. The number of nitrogens with one attached hydrogen (secondary N) is 1. The van der Waals surface area contributed by atoms with Crippen molar-refractivity contribution in [1.29, 1.82) is 0 Å². The van der Waals surface area contributed by atoms with Crippen LogP contribution in [0.3, 0.4) is 0 Å². The van der Waals surface area contributed by atoms with Gasteiger partial charge in [0.1, 0.15) is 12.6 Å². The molecule has 2 amide bonds. The summed E-state index contributed by atoms with van der Waals surface area (Å²) in [6.45, 7) is 15.2. The van der Waals surface area contributed by atoms with Crippen molar-refractivity contribution in [2.45, 2.75) is 78.9 Å². The number of rotatable bonds is 8. The largest absolute Gasteiger partial charge is 0.350 e. The van der Waals surface area contributed by atoms with Crippen molar-refractivity contribution < 1.29 is 18.0 Å². The summed E-state index contributed by atoms with van der Waals surface area (Å²) in [6.07, 6.45) is 1.08. The quantitative estimate of drug-likeness (QED) is 0.565. The number of hydrogen-bond acceptors (Lipinski definition) is 4. The van der Waals surface area contributed by atoms with E-state index in [-0.39, 0.29) is 17.9 Å². The van der Waals surface area contributed by atoms with E-state index in [4.69, 9.17) is 0 Å². The Kier molecular flexibility index (Phi) is 9.00. The molecule has 0 bridgehead atoms. The lowest BCUT2D eigenvalue weighted by atomic mass is 9.87. The second kappa shape index (κ2) is 11.0. The molecule has 1 N–H and O–H groups in total. The molecular formula is C28H41N3O4S. The number of aryl methyl sites for hydroxylation is 1. The lowest BCUT2D eigenvalue weighted by Crippen LogP contribution is -2.54. The van der Waals surface area contributed by atoms with Crippen LogP contribution >= 0.6 is 0 Å². The molecule has 0 saturated carbocycles. The van der Waals surface area contributed by atoms with Crippen molar-refractivity contribution in [3.63, 3.8) is 0 Å². The highest BCUT2D eigenvalue weighted by Crippen LogP contribution is 2.26. The van der Waals surface area contributed by atoms with Gasteiger partial charge in [0.15, 0.2) is 0 Å². The number of amides is 2. The van der Waals surface area contributed by atoms with Gasteiger partial charge in [-0.3, -0.25) is 13.9 Å². The van der Waals surface area contributed by atoms with Crippen LogP contribution < -0.4 is 9.62 Å². The Bertz CT molecular complexity index is 1180. The van der Waals surface area contributed by atoms with Crippen LogP contribution in [0.4, 0.5) is 5.69 Å². The first-order chi connectivity index (χ1) is 16.4. The highest BCUT2D eigenvalue weighted by atomic mass is 32.2. The van der Waals surface area contributed by atoms with Crippen LogP contribution in [0.15, 0.2) is 48.5 Å². The molecule has 0 aliphatic carbocycles. The van der Waals surface area contributed by atoms with Crippen molar-refractivity contribution in [3.05, 3.63) is 65.2 Å². The van der Waals surface area contributed by atoms with Crippen molar-refractivity contribution in [1.82, 2.24) is 10.2 Å². The topological polar surface area (TPSA) is 86.8 Å². The average Bonchev–Trinajstić information content (AvgIpc) is 2.74. The van der Waals surface area contributed by atoms with Crippen LogP contribution in [-0.2, 0) is 31.6 Å². The highest BCUT2D eigenvalue weighted by molar-refractivity contribution is 7.92. The van der Waals surface area contributed by atoms with Gasteiger partial charge in [-0.15, -0.1) is 0 Å². The highest BCUT2D eigenvalue weighted by Gasteiger charge is 2.31. The third-order valence-electron chi connectivity index (χ3n) is 5.97. The Morgan fingerprint density at radius 1 is 0.944 bits per heavy atom. The number of nitrogens with zero attached hydrogens (tertiary/aromatic N) is 2. The Balaban J connectivity index is 2.43. The number of hydrogen-bond donors (Lipinski definition) is 1. The van der Waals surface area contributed by atoms with Gasteiger partial charge in [-0.05, 0) is 68.9 Å². The first kappa shape index (κ1) is 29.4. The molecule has 0 heterocycles. The minimum absolute atomic E-state index is 0.0928. The molecule has 0 aliphatic heterocycles. The number of benzene rings is 2. The third-order valence-corrected chi connectivity index (χ3v) is 7.11. The molecule has 7 nitrogen and oxygen atoms in total. The standard InChI is InChI=1S/C28H41N3O4S/c1-20-12-10-11-13-22(20)18-30(21(2)26(33)29-28(6,7)8)25(32)19-31(36(9,34)35)24-16-14-23(15-17-24)27(3,4)5/h10-17,21H,18-19H2,1-9H3,(H,29,33)/t21-/m1/s1. The predicted molar refractivity (Wildman–Crippen MR) is 146 cm³/mol. The second-order valence-electron chi connectivity index (χ2n) is 11.4. The molecular weight excluding hydrogens is 474 g/mol. The molecule has 0 radical (unpaired) electrons. The van der Waals surface area contributed by atoms with Gasteiger partial charge in [0.05, 0.1) is 11.9 Å². The molecule has 0 aromatic heterocycles. The normalized spacial score (nSPS) is 13.1. The lowest BCUT2D eigenvalue weighted by molar-refractivity contribution is -0.140. The fraction of sp³-hybridized carbons (Fsp3) is 0.500. The summed E-state index contributed by atoms with van der Waals surface area (Å²) >= 11 is 0. The minimum Gasteiger partial charge on any atom is -0.350 e. The van der Waals surface area contributed by atoms with E-state index in [1.165, 1.54) is 4.90 Å². The van der Waals surface area contributed by atoms with Crippen molar-refractivity contribution in [2.24, 2.45) is 0 Å². The molecule has 0 saturated heterocycles. The van der Waals surface area contributed by atoms with Crippen LogP contribution in [0.25, 0.3) is 0 Å². The van der Waals surface area contributed by atoms with Crippen LogP contribution in [0.2, 0.25) is 0 Å². The summed E-state index contributed by atoms with van der Waals surface area (Å²) in [4.78, 5) is 28.1. The maximum Gasteiger partial charge on any atom is 0.244 e. The number of anilines is 1. The van der Waals surface area contributed by atoms with Crippen molar-refractivity contribution in [2.75, 3.05) is 17.1 Å². The minimum atomic E-state index is -3.77. The number of sulfonamides is 1. The van der Waals surface area contributed by atoms with E-state index in [1.807, 2.05) is 64.1 Å². The van der Waals surface area contributed by atoms with E-state index in [9.17, 15) is 18.0 Å². The van der Waals surface area contributed by atoms with Crippen molar-refractivity contribution in [3.8, 4) is 0 Å². The van der Waals surface area contributed by atoms with Crippen LogP contribution in [0.1, 0.15) is 65.2 Å². The second-order valence-corrected chi connectivity index (χ2v) is 13.3. The Morgan fingerprint density at radius 2 is 1.50 bits per heavy atom. The van der Waals surface area contributed by atoms with Gasteiger partial charge in [0, 0.05) is 12.1 Å². The third kappa shape index (κ3) is 8.08. The molecule has 36 heavy (non-hydrogen) atoms. The molecule has 1 atom stereocenters. The summed E-state index contributed by atoms with van der Waals surface area (Å²) in [5.41, 5.74) is 2.76. The molecule has 2 aromatic rings. The van der Waals surface area contributed by atoms with Crippen LogP contribution in [0.5, 0.6) is 0 Å². The zero-order valence-electron chi connectivity index (χ0n) is 23.0. The summed E-state index contributed by atoms with van der Waals surface area (Å²) in [7, 11) is -3.77. The van der Waals surface area contributed by atoms with Gasteiger partial charge >= 0.3 is 0 Å². The zero-order chi connectivity index (χ0) is 27.5. The molecule has 0 fully saturated rings. The molecule has 198 valence electrons. The van der Waals surface area contributed by atoms with Gasteiger partial charge < -0.3 is 10.2 Å². The molecule has 0 spiro atoms. The zero-order valence-corrected chi connectivity index (χ0v) is 23.9. The Morgan fingerprint density at radius 3 is 1.97 bits per heavy atom. The molecule has 2 rings (SSSR count). The summed E-state index contributed by atoms with van der Waals surface area (Å²) in [6, 6.07) is 14.0. The van der Waals surface area contributed by atoms with Gasteiger partial charge in [-0.1, -0.05) is 57.2 Å². The lowest BCUT2D eigenvalue weighted by Gasteiger charge is -2.33.